The van der Waals surface area contributed by atoms with E-state index >= 15 is 0 Å². The number of aromatic nitrogens is 1. The van der Waals surface area contributed by atoms with Gasteiger partial charge in [-0.25, -0.2) is 4.79 Å². The van der Waals surface area contributed by atoms with Crippen LogP contribution in [0, 0.1) is 13.3 Å². The van der Waals surface area contributed by atoms with E-state index in [4.69, 9.17) is 16.3 Å². The Balaban J connectivity index is 1.92. The summed E-state index contributed by atoms with van der Waals surface area (Å²) in [7, 11) is 0. The molecule has 0 saturated heterocycles. The SMILES string of the molecule is [CH2][CH]COC(=O)C(Cc1cc(=O)[nH]c2ccccc12)Nc1ccc(Cl)cc1. The lowest BCUT2D eigenvalue weighted by molar-refractivity contribution is -0.143. The lowest BCUT2D eigenvalue weighted by Crippen LogP contribution is -2.34. The fraction of sp³-hybridized carbons (Fsp3) is 0.143. The van der Waals surface area contributed by atoms with Crippen LogP contribution >= 0.6 is 11.6 Å². The highest BCUT2D eigenvalue weighted by Gasteiger charge is 2.22. The van der Waals surface area contributed by atoms with Gasteiger partial charge in [0.2, 0.25) is 5.56 Å². The Bertz CT molecular complexity index is 983. The van der Waals surface area contributed by atoms with Gasteiger partial charge in [0, 0.05) is 34.1 Å². The van der Waals surface area contributed by atoms with E-state index in [0.29, 0.717) is 11.4 Å². The number of nitrogens with one attached hydrogen (secondary N) is 2. The average molecular weight is 383 g/mol. The van der Waals surface area contributed by atoms with Gasteiger partial charge in [-0.3, -0.25) is 4.79 Å². The summed E-state index contributed by atoms with van der Waals surface area (Å²) < 4.78 is 5.23. The molecule has 1 unspecified atom stereocenters. The molecule has 0 amide bonds. The van der Waals surface area contributed by atoms with Crippen LogP contribution in [0.5, 0.6) is 0 Å². The van der Waals surface area contributed by atoms with E-state index in [1.54, 1.807) is 24.3 Å². The minimum absolute atomic E-state index is 0.119. The van der Waals surface area contributed by atoms with E-state index in [1.807, 2.05) is 24.3 Å². The topological polar surface area (TPSA) is 71.2 Å². The largest absolute Gasteiger partial charge is 0.464 e. The number of hydrogen-bond acceptors (Lipinski definition) is 4. The van der Waals surface area contributed by atoms with Crippen molar-refractivity contribution in [3.8, 4) is 0 Å². The molecule has 27 heavy (non-hydrogen) atoms. The number of H-pyrrole nitrogens is 1. The first-order chi connectivity index (χ1) is 13.1. The molecule has 1 aromatic heterocycles. The Hall–Kier alpha value is -2.79. The number of fused-ring (bicyclic) bond motifs is 1. The van der Waals surface area contributed by atoms with Gasteiger partial charge in [0.25, 0.3) is 0 Å². The molecule has 0 bridgehead atoms. The van der Waals surface area contributed by atoms with Crippen LogP contribution in [-0.4, -0.2) is 23.6 Å². The monoisotopic (exact) mass is 382 g/mol. The fourth-order valence-corrected chi connectivity index (χ4v) is 2.97. The van der Waals surface area contributed by atoms with Crippen LogP contribution in [0.15, 0.2) is 59.4 Å². The van der Waals surface area contributed by atoms with Crippen molar-refractivity contribution < 1.29 is 9.53 Å². The van der Waals surface area contributed by atoms with Crippen molar-refractivity contribution in [3.05, 3.63) is 88.9 Å². The van der Waals surface area contributed by atoms with Gasteiger partial charge >= 0.3 is 5.97 Å². The number of benzene rings is 2. The van der Waals surface area contributed by atoms with E-state index < -0.39 is 12.0 Å². The summed E-state index contributed by atoms with van der Waals surface area (Å²) in [5.41, 5.74) is 2.00. The highest BCUT2D eigenvalue weighted by atomic mass is 35.5. The van der Waals surface area contributed by atoms with Crippen LogP contribution in [0.2, 0.25) is 5.02 Å². The lowest BCUT2D eigenvalue weighted by atomic mass is 10.0. The number of aromatic amines is 1. The van der Waals surface area contributed by atoms with Gasteiger partial charge in [-0.15, -0.1) is 0 Å². The number of anilines is 1. The average Bonchev–Trinajstić information content (AvgIpc) is 2.67. The number of halogens is 1. The number of carbonyl (C=O) groups excluding carboxylic acids is 1. The maximum atomic E-state index is 12.6. The Morgan fingerprint density at radius 1 is 1.22 bits per heavy atom. The van der Waals surface area contributed by atoms with E-state index in [2.05, 4.69) is 17.2 Å². The summed E-state index contributed by atoms with van der Waals surface area (Å²) in [6.07, 6.45) is 1.81. The van der Waals surface area contributed by atoms with Gasteiger partial charge in [0.05, 0.1) is 6.61 Å². The molecular weight excluding hydrogens is 364 g/mol. The summed E-state index contributed by atoms with van der Waals surface area (Å²) in [4.78, 5) is 27.4. The Morgan fingerprint density at radius 2 is 1.96 bits per heavy atom. The zero-order valence-electron chi connectivity index (χ0n) is 14.6. The molecule has 3 aromatic rings. The standard InChI is InChI=1S/C21H19ClN2O3/c1-2-11-27-21(26)19(23-16-9-7-15(22)8-10-16)12-14-13-20(25)24-18-6-4-3-5-17(14)18/h2-10,13,19,23H,1,11-12H2,(H,24,25). The summed E-state index contributed by atoms with van der Waals surface area (Å²) >= 11 is 5.92. The number of esters is 1. The third-order valence-corrected chi connectivity index (χ3v) is 4.33. The van der Waals surface area contributed by atoms with E-state index in [-0.39, 0.29) is 12.2 Å². The third-order valence-electron chi connectivity index (χ3n) is 4.07. The molecule has 1 atom stereocenters. The van der Waals surface area contributed by atoms with Crippen molar-refractivity contribution in [1.29, 1.82) is 0 Å². The summed E-state index contributed by atoms with van der Waals surface area (Å²) in [5.74, 6) is -0.422. The zero-order valence-corrected chi connectivity index (χ0v) is 15.3. The van der Waals surface area contributed by atoms with E-state index in [9.17, 15) is 9.59 Å². The summed E-state index contributed by atoms with van der Waals surface area (Å²) in [6, 6.07) is 15.4. The molecule has 138 valence electrons. The molecule has 0 spiro atoms. The first-order valence-electron chi connectivity index (χ1n) is 8.47. The highest BCUT2D eigenvalue weighted by Crippen LogP contribution is 2.20. The Morgan fingerprint density at radius 3 is 2.70 bits per heavy atom. The van der Waals surface area contributed by atoms with Crippen LogP contribution in [0.3, 0.4) is 0 Å². The van der Waals surface area contributed by atoms with Gasteiger partial charge in [-0.1, -0.05) is 29.8 Å². The normalized spacial score (nSPS) is 11.9. The molecule has 3 rings (SSSR count). The minimum Gasteiger partial charge on any atom is -0.464 e. The molecule has 0 fully saturated rings. The number of pyridine rings is 1. The molecule has 2 N–H and O–H groups in total. The third kappa shape index (κ3) is 4.89. The molecule has 0 saturated carbocycles. The number of para-hydroxylation sites is 1. The quantitative estimate of drug-likeness (QED) is 0.610. The van der Waals surface area contributed by atoms with E-state index in [0.717, 1.165) is 22.2 Å². The first-order valence-corrected chi connectivity index (χ1v) is 8.85. The molecule has 2 radical (unpaired) electrons. The minimum atomic E-state index is -0.670. The number of hydrogen-bond donors (Lipinski definition) is 2. The maximum absolute atomic E-state index is 12.6. The van der Waals surface area contributed by atoms with Crippen molar-refractivity contribution in [2.24, 2.45) is 0 Å². The van der Waals surface area contributed by atoms with Crippen LogP contribution in [0.25, 0.3) is 10.9 Å². The summed E-state index contributed by atoms with van der Waals surface area (Å²) in [6.45, 7) is 3.68. The number of rotatable bonds is 7. The van der Waals surface area contributed by atoms with Crippen molar-refractivity contribution in [2.45, 2.75) is 12.5 Å². The highest BCUT2D eigenvalue weighted by molar-refractivity contribution is 6.30. The number of ether oxygens (including phenoxy) is 1. The van der Waals surface area contributed by atoms with Crippen molar-refractivity contribution in [2.75, 3.05) is 11.9 Å². The van der Waals surface area contributed by atoms with Crippen LogP contribution in [-0.2, 0) is 16.0 Å². The van der Waals surface area contributed by atoms with Crippen LogP contribution in [0.1, 0.15) is 5.56 Å². The molecule has 2 aromatic carbocycles. The van der Waals surface area contributed by atoms with Gasteiger partial charge in [0.15, 0.2) is 0 Å². The van der Waals surface area contributed by atoms with Crippen LogP contribution in [0.4, 0.5) is 5.69 Å². The molecule has 1 heterocycles. The molecular formula is C21H19ClN2O3. The number of carbonyl (C=O) groups is 1. The Labute approximate surface area is 162 Å². The maximum Gasteiger partial charge on any atom is 0.328 e. The lowest BCUT2D eigenvalue weighted by Gasteiger charge is -2.19. The molecule has 6 heteroatoms. The van der Waals surface area contributed by atoms with Crippen molar-refractivity contribution >= 4 is 34.2 Å². The summed E-state index contributed by atoms with van der Waals surface area (Å²) in [5, 5.41) is 4.66. The molecule has 5 nitrogen and oxygen atoms in total. The predicted molar refractivity (Wildman–Crippen MR) is 108 cm³/mol. The molecule has 0 aliphatic rings. The van der Waals surface area contributed by atoms with Gasteiger partial charge in [-0.2, -0.15) is 0 Å². The second kappa shape index (κ2) is 8.73. The van der Waals surface area contributed by atoms with Gasteiger partial charge in [-0.05, 0) is 49.2 Å². The molecule has 0 aliphatic heterocycles. The first kappa shape index (κ1) is 19.0. The van der Waals surface area contributed by atoms with E-state index in [1.165, 1.54) is 12.5 Å². The smallest absolute Gasteiger partial charge is 0.328 e. The predicted octanol–water partition coefficient (Wildman–Crippen LogP) is 3.79. The fourth-order valence-electron chi connectivity index (χ4n) is 2.85. The Kier molecular flexibility index (Phi) is 6.14. The van der Waals surface area contributed by atoms with Gasteiger partial charge < -0.3 is 15.0 Å². The van der Waals surface area contributed by atoms with Crippen molar-refractivity contribution in [3.63, 3.8) is 0 Å². The van der Waals surface area contributed by atoms with Crippen molar-refractivity contribution in [1.82, 2.24) is 4.98 Å². The zero-order chi connectivity index (χ0) is 19.2. The second-order valence-electron chi connectivity index (χ2n) is 6.03. The van der Waals surface area contributed by atoms with Crippen LogP contribution < -0.4 is 10.9 Å². The second-order valence-corrected chi connectivity index (χ2v) is 6.47. The van der Waals surface area contributed by atoms with Gasteiger partial charge in [0.1, 0.15) is 6.04 Å². The molecule has 0 aliphatic carbocycles.